The van der Waals surface area contributed by atoms with E-state index >= 15 is 0 Å². The van der Waals surface area contributed by atoms with Crippen LogP contribution >= 0.6 is 0 Å². The largest absolute Gasteiger partial charge is 0.493 e. The summed E-state index contributed by atoms with van der Waals surface area (Å²) in [5.74, 6) is -0.707. The molecule has 1 aliphatic rings. The van der Waals surface area contributed by atoms with Crippen molar-refractivity contribution < 1.29 is 19.4 Å². The zero-order valence-electron chi connectivity index (χ0n) is 13.6. The van der Waals surface area contributed by atoms with E-state index in [0.29, 0.717) is 17.7 Å². The number of carboxylic acid groups (broad SMARTS) is 1. The van der Waals surface area contributed by atoms with Crippen LogP contribution in [0.2, 0.25) is 0 Å². The first-order valence-corrected chi connectivity index (χ1v) is 7.81. The Morgan fingerprint density at radius 3 is 2.50 bits per heavy atom. The van der Waals surface area contributed by atoms with Crippen LogP contribution in [-0.4, -0.2) is 23.6 Å². The number of carbonyl (C=O) groups is 2. The van der Waals surface area contributed by atoms with E-state index in [1.807, 2.05) is 19.9 Å². The van der Waals surface area contributed by atoms with Crippen LogP contribution in [0.4, 0.5) is 0 Å². The molecule has 0 fully saturated rings. The predicted molar refractivity (Wildman–Crippen MR) is 89.4 cm³/mol. The fourth-order valence-electron chi connectivity index (χ4n) is 2.99. The Morgan fingerprint density at radius 1 is 1.12 bits per heavy atom. The number of ether oxygens (including phenoxy) is 1. The monoisotopic (exact) mass is 325 g/mol. The number of aryl methyl sites for hydroxylation is 2. The van der Waals surface area contributed by atoms with Gasteiger partial charge in [0.25, 0.3) is 5.91 Å². The maximum atomic E-state index is 12.5. The van der Waals surface area contributed by atoms with Gasteiger partial charge in [-0.15, -0.1) is 0 Å². The molecule has 2 aromatic carbocycles. The minimum Gasteiger partial charge on any atom is -0.493 e. The molecule has 1 amide bonds. The Bertz CT molecular complexity index is 793. The van der Waals surface area contributed by atoms with E-state index in [0.717, 1.165) is 28.9 Å². The van der Waals surface area contributed by atoms with Crippen LogP contribution in [0.5, 0.6) is 5.75 Å². The SMILES string of the molecule is Cc1cc(C)cc(C(=O)NC(C(=O)O)c2ccc3c(c2)CCO3)c1. The van der Waals surface area contributed by atoms with Crippen LogP contribution in [-0.2, 0) is 11.2 Å². The lowest BCUT2D eigenvalue weighted by atomic mass is 10.0. The van der Waals surface area contributed by atoms with Crippen molar-refractivity contribution in [2.24, 2.45) is 0 Å². The second kappa shape index (κ2) is 6.35. The lowest BCUT2D eigenvalue weighted by molar-refractivity contribution is -0.139. The van der Waals surface area contributed by atoms with Gasteiger partial charge in [0.15, 0.2) is 6.04 Å². The standard InChI is InChI=1S/C19H19NO4/c1-11-7-12(2)9-15(8-11)18(21)20-17(19(22)23)14-3-4-16-13(10-14)5-6-24-16/h3-4,7-10,17H,5-6H2,1-2H3,(H,20,21)(H,22,23). The predicted octanol–water partition coefficient (Wildman–Crippen LogP) is 2.79. The van der Waals surface area contributed by atoms with Crippen molar-refractivity contribution in [2.45, 2.75) is 26.3 Å². The quantitative estimate of drug-likeness (QED) is 0.906. The van der Waals surface area contributed by atoms with E-state index in [9.17, 15) is 14.7 Å². The molecule has 1 heterocycles. The summed E-state index contributed by atoms with van der Waals surface area (Å²) in [6.45, 7) is 4.41. The highest BCUT2D eigenvalue weighted by atomic mass is 16.5. The summed E-state index contributed by atoms with van der Waals surface area (Å²) >= 11 is 0. The Morgan fingerprint density at radius 2 is 1.83 bits per heavy atom. The Hall–Kier alpha value is -2.82. The van der Waals surface area contributed by atoms with E-state index < -0.39 is 17.9 Å². The summed E-state index contributed by atoms with van der Waals surface area (Å²) in [6.07, 6.45) is 0.751. The number of fused-ring (bicyclic) bond motifs is 1. The molecular weight excluding hydrogens is 306 g/mol. The van der Waals surface area contributed by atoms with Gasteiger partial charge >= 0.3 is 5.97 Å². The first kappa shape index (κ1) is 16.1. The van der Waals surface area contributed by atoms with Crippen molar-refractivity contribution in [3.8, 4) is 5.75 Å². The van der Waals surface area contributed by atoms with Gasteiger partial charge in [0.1, 0.15) is 5.75 Å². The molecule has 0 spiro atoms. The molecule has 5 nitrogen and oxygen atoms in total. The topological polar surface area (TPSA) is 75.6 Å². The number of carbonyl (C=O) groups excluding carboxylic acids is 1. The van der Waals surface area contributed by atoms with Crippen molar-refractivity contribution in [1.29, 1.82) is 0 Å². The van der Waals surface area contributed by atoms with Gasteiger partial charge in [-0.25, -0.2) is 4.79 Å². The summed E-state index contributed by atoms with van der Waals surface area (Å²) in [4.78, 5) is 24.1. The van der Waals surface area contributed by atoms with E-state index in [2.05, 4.69) is 5.32 Å². The minimum atomic E-state index is -1.09. The number of hydrogen-bond donors (Lipinski definition) is 2. The van der Waals surface area contributed by atoms with Gasteiger partial charge in [-0.3, -0.25) is 4.79 Å². The molecule has 124 valence electrons. The molecule has 0 aromatic heterocycles. The second-order valence-corrected chi connectivity index (χ2v) is 6.09. The van der Waals surface area contributed by atoms with Crippen LogP contribution in [0.15, 0.2) is 36.4 Å². The number of benzene rings is 2. The molecule has 0 aliphatic carbocycles. The average Bonchev–Trinajstić information content (AvgIpc) is 2.98. The van der Waals surface area contributed by atoms with Gasteiger partial charge in [-0.2, -0.15) is 0 Å². The normalized spacial score (nSPS) is 13.8. The molecule has 2 N–H and O–H groups in total. The van der Waals surface area contributed by atoms with E-state index in [4.69, 9.17) is 4.74 Å². The zero-order valence-corrected chi connectivity index (χ0v) is 13.6. The number of aliphatic carboxylic acids is 1. The van der Waals surface area contributed by atoms with Gasteiger partial charge in [0.05, 0.1) is 6.61 Å². The van der Waals surface area contributed by atoms with E-state index in [1.165, 1.54) is 0 Å². The Balaban J connectivity index is 1.86. The van der Waals surface area contributed by atoms with Crippen LogP contribution in [0.1, 0.15) is 38.7 Å². The smallest absolute Gasteiger partial charge is 0.330 e. The van der Waals surface area contributed by atoms with Gasteiger partial charge in [-0.1, -0.05) is 23.3 Å². The van der Waals surface area contributed by atoms with Crippen molar-refractivity contribution in [2.75, 3.05) is 6.61 Å². The summed E-state index contributed by atoms with van der Waals surface area (Å²) in [7, 11) is 0. The number of carboxylic acids is 1. The molecule has 1 atom stereocenters. The molecular formula is C19H19NO4. The summed E-state index contributed by atoms with van der Waals surface area (Å²) in [6, 6.07) is 9.61. The second-order valence-electron chi connectivity index (χ2n) is 6.09. The average molecular weight is 325 g/mol. The van der Waals surface area contributed by atoms with Gasteiger partial charge in [0, 0.05) is 12.0 Å². The lowest BCUT2D eigenvalue weighted by Crippen LogP contribution is -2.33. The molecule has 1 unspecified atom stereocenters. The van der Waals surface area contributed by atoms with Crippen LogP contribution in [0.25, 0.3) is 0 Å². The van der Waals surface area contributed by atoms with Gasteiger partial charge in [0.2, 0.25) is 0 Å². The number of rotatable bonds is 4. The van der Waals surface area contributed by atoms with E-state index in [-0.39, 0.29) is 0 Å². The summed E-state index contributed by atoms with van der Waals surface area (Å²) in [5.41, 5.74) is 3.90. The fraction of sp³-hybridized carbons (Fsp3) is 0.263. The zero-order chi connectivity index (χ0) is 17.3. The minimum absolute atomic E-state index is 0.397. The van der Waals surface area contributed by atoms with Crippen molar-refractivity contribution >= 4 is 11.9 Å². The third-order valence-corrected chi connectivity index (χ3v) is 4.05. The highest BCUT2D eigenvalue weighted by molar-refractivity contribution is 5.97. The summed E-state index contributed by atoms with van der Waals surface area (Å²) < 4.78 is 5.44. The molecule has 2 aromatic rings. The maximum Gasteiger partial charge on any atom is 0.330 e. The Kier molecular flexibility index (Phi) is 4.25. The highest BCUT2D eigenvalue weighted by Gasteiger charge is 2.25. The maximum absolute atomic E-state index is 12.5. The molecule has 3 rings (SSSR count). The van der Waals surface area contributed by atoms with Crippen LogP contribution < -0.4 is 10.1 Å². The lowest BCUT2D eigenvalue weighted by Gasteiger charge is -2.16. The molecule has 5 heteroatoms. The third-order valence-electron chi connectivity index (χ3n) is 4.05. The molecule has 0 radical (unpaired) electrons. The first-order chi connectivity index (χ1) is 11.4. The first-order valence-electron chi connectivity index (χ1n) is 7.81. The Labute approximate surface area is 140 Å². The van der Waals surface area contributed by atoms with Crippen molar-refractivity contribution in [3.63, 3.8) is 0 Å². The van der Waals surface area contributed by atoms with Crippen molar-refractivity contribution in [3.05, 3.63) is 64.2 Å². The molecule has 24 heavy (non-hydrogen) atoms. The van der Waals surface area contributed by atoms with Gasteiger partial charge in [-0.05, 0) is 49.2 Å². The molecule has 0 bridgehead atoms. The van der Waals surface area contributed by atoms with Crippen LogP contribution in [0.3, 0.4) is 0 Å². The van der Waals surface area contributed by atoms with Gasteiger partial charge < -0.3 is 15.2 Å². The highest BCUT2D eigenvalue weighted by Crippen LogP contribution is 2.28. The molecule has 1 aliphatic heterocycles. The van der Waals surface area contributed by atoms with Crippen molar-refractivity contribution in [1.82, 2.24) is 5.32 Å². The van der Waals surface area contributed by atoms with Crippen LogP contribution in [0, 0.1) is 13.8 Å². The van der Waals surface area contributed by atoms with E-state index in [1.54, 1.807) is 30.3 Å². The molecule has 0 saturated heterocycles. The number of hydrogen-bond acceptors (Lipinski definition) is 3. The summed E-state index contributed by atoms with van der Waals surface area (Å²) in [5, 5.41) is 12.1. The molecule has 0 saturated carbocycles. The third kappa shape index (κ3) is 3.25. The number of nitrogens with one attached hydrogen (secondary N) is 1. The number of amides is 1. The fourth-order valence-corrected chi connectivity index (χ4v) is 2.99.